The van der Waals surface area contributed by atoms with E-state index in [9.17, 15) is 0 Å². The van der Waals surface area contributed by atoms with Crippen molar-refractivity contribution in [2.45, 2.75) is 25.7 Å². The molecule has 0 spiro atoms. The quantitative estimate of drug-likeness (QED) is 0.870. The molecule has 5 nitrogen and oxygen atoms in total. The summed E-state index contributed by atoms with van der Waals surface area (Å²) in [7, 11) is 0. The van der Waals surface area contributed by atoms with E-state index in [1.54, 1.807) is 12.3 Å². The van der Waals surface area contributed by atoms with Gasteiger partial charge in [0.1, 0.15) is 11.8 Å². The molecule has 0 saturated heterocycles. The van der Waals surface area contributed by atoms with E-state index < -0.39 is 0 Å². The molecule has 0 bridgehead atoms. The van der Waals surface area contributed by atoms with Gasteiger partial charge in [-0.3, -0.25) is 0 Å². The summed E-state index contributed by atoms with van der Waals surface area (Å²) < 4.78 is 5.59. The molecule has 1 aromatic heterocycles. The zero-order valence-electron chi connectivity index (χ0n) is 10.4. The number of nitrogens with zero attached hydrogens (tertiary/aromatic N) is 3. The Morgan fingerprint density at radius 3 is 2.89 bits per heavy atom. The standard InChI is InChI=1S/C13H18N4O/c14-7-10-3-1-2-4-11(10)9-18-13-16-6-5-12(8-15)17-13/h5-6,10-11H,1-4,7,9,14H2. The van der Waals surface area contributed by atoms with Gasteiger partial charge in [0.25, 0.3) is 0 Å². The van der Waals surface area contributed by atoms with Gasteiger partial charge in [0, 0.05) is 6.20 Å². The van der Waals surface area contributed by atoms with Crippen LogP contribution in [-0.2, 0) is 0 Å². The van der Waals surface area contributed by atoms with Crippen LogP contribution in [0.3, 0.4) is 0 Å². The molecule has 2 N–H and O–H groups in total. The smallest absolute Gasteiger partial charge is 0.317 e. The van der Waals surface area contributed by atoms with Crippen LogP contribution in [0.5, 0.6) is 6.01 Å². The lowest BCUT2D eigenvalue weighted by Gasteiger charge is -2.29. The topological polar surface area (TPSA) is 84.8 Å². The van der Waals surface area contributed by atoms with Crippen molar-refractivity contribution in [3.05, 3.63) is 18.0 Å². The Morgan fingerprint density at radius 2 is 2.17 bits per heavy atom. The van der Waals surface area contributed by atoms with Gasteiger partial charge in [-0.1, -0.05) is 12.8 Å². The molecule has 2 rings (SSSR count). The number of ether oxygens (including phenoxy) is 1. The highest BCUT2D eigenvalue weighted by atomic mass is 16.5. The van der Waals surface area contributed by atoms with Crippen LogP contribution in [0.1, 0.15) is 31.4 Å². The van der Waals surface area contributed by atoms with Crippen molar-refractivity contribution < 1.29 is 4.74 Å². The first-order valence-corrected chi connectivity index (χ1v) is 6.39. The average Bonchev–Trinajstić information content (AvgIpc) is 2.45. The van der Waals surface area contributed by atoms with Crippen LogP contribution in [0, 0.1) is 23.2 Å². The van der Waals surface area contributed by atoms with Crippen molar-refractivity contribution in [3.63, 3.8) is 0 Å². The summed E-state index contributed by atoms with van der Waals surface area (Å²) in [5.41, 5.74) is 6.11. The summed E-state index contributed by atoms with van der Waals surface area (Å²) in [5.74, 6) is 1.02. The zero-order chi connectivity index (χ0) is 12.8. The van der Waals surface area contributed by atoms with Crippen molar-refractivity contribution in [2.24, 2.45) is 17.6 Å². The molecule has 1 aliphatic rings. The van der Waals surface area contributed by atoms with Crippen LogP contribution in [0.4, 0.5) is 0 Å². The molecule has 18 heavy (non-hydrogen) atoms. The second-order valence-electron chi connectivity index (χ2n) is 4.69. The molecule has 2 unspecified atom stereocenters. The maximum absolute atomic E-state index is 8.75. The molecular formula is C13H18N4O. The molecule has 1 heterocycles. The summed E-state index contributed by atoms with van der Waals surface area (Å²) in [5, 5.41) is 8.75. The van der Waals surface area contributed by atoms with Crippen LogP contribution >= 0.6 is 0 Å². The highest BCUT2D eigenvalue weighted by Gasteiger charge is 2.24. The number of nitriles is 1. The lowest BCUT2D eigenvalue weighted by Crippen LogP contribution is -2.31. The van der Waals surface area contributed by atoms with E-state index in [4.69, 9.17) is 15.7 Å². The van der Waals surface area contributed by atoms with Crippen LogP contribution in [-0.4, -0.2) is 23.1 Å². The van der Waals surface area contributed by atoms with Crippen LogP contribution in [0.15, 0.2) is 12.3 Å². The Morgan fingerprint density at radius 1 is 1.39 bits per heavy atom. The van der Waals surface area contributed by atoms with Crippen molar-refractivity contribution in [2.75, 3.05) is 13.2 Å². The zero-order valence-corrected chi connectivity index (χ0v) is 10.4. The number of rotatable bonds is 4. The summed E-state index contributed by atoms with van der Waals surface area (Å²) >= 11 is 0. The summed E-state index contributed by atoms with van der Waals surface area (Å²) in [6, 6.07) is 3.83. The van der Waals surface area contributed by atoms with E-state index in [1.165, 1.54) is 19.3 Å². The summed E-state index contributed by atoms with van der Waals surface area (Å²) in [4.78, 5) is 8.01. The van der Waals surface area contributed by atoms with Crippen molar-refractivity contribution in [1.82, 2.24) is 9.97 Å². The SMILES string of the molecule is N#Cc1ccnc(OCC2CCCCC2CN)n1. The molecule has 0 aromatic carbocycles. The predicted molar refractivity (Wildman–Crippen MR) is 66.7 cm³/mol. The van der Waals surface area contributed by atoms with E-state index in [-0.39, 0.29) is 6.01 Å². The van der Waals surface area contributed by atoms with E-state index >= 15 is 0 Å². The van der Waals surface area contributed by atoms with Crippen molar-refractivity contribution >= 4 is 0 Å². The Bertz CT molecular complexity index is 429. The molecule has 1 saturated carbocycles. The van der Waals surface area contributed by atoms with E-state index in [2.05, 4.69) is 9.97 Å². The van der Waals surface area contributed by atoms with Gasteiger partial charge in [-0.05, 0) is 37.3 Å². The van der Waals surface area contributed by atoms with Crippen LogP contribution < -0.4 is 10.5 Å². The predicted octanol–water partition coefficient (Wildman–Crippen LogP) is 1.49. The average molecular weight is 246 g/mol. The highest BCUT2D eigenvalue weighted by molar-refractivity contribution is 5.19. The van der Waals surface area contributed by atoms with E-state index in [0.717, 1.165) is 6.42 Å². The fraction of sp³-hybridized carbons (Fsp3) is 0.615. The fourth-order valence-electron chi connectivity index (χ4n) is 2.47. The maximum atomic E-state index is 8.75. The minimum absolute atomic E-state index is 0.287. The molecule has 0 radical (unpaired) electrons. The monoisotopic (exact) mass is 246 g/mol. The lowest BCUT2D eigenvalue weighted by atomic mass is 9.80. The van der Waals surface area contributed by atoms with Crippen molar-refractivity contribution in [3.8, 4) is 12.1 Å². The highest BCUT2D eigenvalue weighted by Crippen LogP contribution is 2.29. The minimum Gasteiger partial charge on any atom is -0.463 e. The molecule has 2 atom stereocenters. The van der Waals surface area contributed by atoms with Gasteiger partial charge in [-0.25, -0.2) is 4.98 Å². The maximum Gasteiger partial charge on any atom is 0.317 e. The molecule has 0 aliphatic heterocycles. The number of nitrogens with two attached hydrogens (primary N) is 1. The van der Waals surface area contributed by atoms with Gasteiger partial charge in [-0.2, -0.15) is 10.2 Å². The summed E-state index contributed by atoms with van der Waals surface area (Å²) in [6.45, 7) is 1.31. The third-order valence-corrected chi connectivity index (χ3v) is 3.54. The number of hydrogen-bond donors (Lipinski definition) is 1. The molecule has 0 amide bonds. The Balaban J connectivity index is 1.91. The van der Waals surface area contributed by atoms with Crippen LogP contribution in [0.25, 0.3) is 0 Å². The lowest BCUT2D eigenvalue weighted by molar-refractivity contribution is 0.145. The second kappa shape index (κ2) is 6.31. The van der Waals surface area contributed by atoms with Crippen LogP contribution in [0.2, 0.25) is 0 Å². The van der Waals surface area contributed by atoms with Gasteiger partial charge in [-0.15, -0.1) is 0 Å². The van der Waals surface area contributed by atoms with Gasteiger partial charge in [0.2, 0.25) is 0 Å². The van der Waals surface area contributed by atoms with Gasteiger partial charge < -0.3 is 10.5 Å². The normalized spacial score (nSPS) is 23.3. The fourth-order valence-corrected chi connectivity index (χ4v) is 2.47. The van der Waals surface area contributed by atoms with Gasteiger partial charge >= 0.3 is 6.01 Å². The van der Waals surface area contributed by atoms with Gasteiger partial charge in [0.05, 0.1) is 6.61 Å². The third-order valence-electron chi connectivity index (χ3n) is 3.54. The first-order valence-electron chi connectivity index (χ1n) is 6.39. The molecule has 5 heteroatoms. The minimum atomic E-state index is 0.287. The largest absolute Gasteiger partial charge is 0.463 e. The Hall–Kier alpha value is -1.67. The molecule has 1 fully saturated rings. The molecule has 1 aliphatic carbocycles. The first-order chi connectivity index (χ1) is 8.83. The number of aromatic nitrogens is 2. The third kappa shape index (κ3) is 3.17. The Kier molecular flexibility index (Phi) is 4.48. The Labute approximate surface area is 107 Å². The van der Waals surface area contributed by atoms with Crippen molar-refractivity contribution in [1.29, 1.82) is 5.26 Å². The van der Waals surface area contributed by atoms with E-state index in [0.29, 0.717) is 30.7 Å². The molecule has 1 aromatic rings. The second-order valence-corrected chi connectivity index (χ2v) is 4.69. The first kappa shape index (κ1) is 12.8. The number of hydrogen-bond acceptors (Lipinski definition) is 5. The molecular weight excluding hydrogens is 228 g/mol. The summed E-state index contributed by atoms with van der Waals surface area (Å²) in [6.07, 6.45) is 6.38. The van der Waals surface area contributed by atoms with E-state index in [1.807, 2.05) is 6.07 Å². The van der Waals surface area contributed by atoms with Gasteiger partial charge in [0.15, 0.2) is 0 Å². The molecule has 96 valence electrons.